The van der Waals surface area contributed by atoms with E-state index in [1.54, 1.807) is 0 Å². The maximum Gasteiger partial charge on any atom is 0.416 e. The number of alkyl halides is 3. The third kappa shape index (κ3) is 3.95. The number of nitro groups is 1. The lowest BCUT2D eigenvalue weighted by Gasteiger charge is -2.11. The summed E-state index contributed by atoms with van der Waals surface area (Å²) in [6.07, 6.45) is -4.84. The Balaban J connectivity index is 2.49. The highest BCUT2D eigenvalue weighted by atomic mass is 35.5. The van der Waals surface area contributed by atoms with Gasteiger partial charge in [0.1, 0.15) is 0 Å². The second kappa shape index (κ2) is 6.29. The quantitative estimate of drug-likeness (QED) is 0.639. The van der Waals surface area contributed by atoms with Crippen molar-refractivity contribution in [3.8, 4) is 0 Å². The molecular formula is C13H8ClF3N2O4S. The van der Waals surface area contributed by atoms with Gasteiger partial charge in [0.25, 0.3) is 15.7 Å². The summed E-state index contributed by atoms with van der Waals surface area (Å²) in [6, 6.07) is 6.53. The molecule has 0 unspecified atom stereocenters. The average Bonchev–Trinajstić information content (AvgIpc) is 2.48. The Labute approximate surface area is 139 Å². The van der Waals surface area contributed by atoms with Gasteiger partial charge in [-0.15, -0.1) is 0 Å². The molecular weight excluding hydrogens is 373 g/mol. The van der Waals surface area contributed by atoms with Crippen molar-refractivity contribution in [2.45, 2.75) is 11.1 Å². The number of halogens is 4. The number of nitrogens with one attached hydrogen (secondary N) is 1. The first-order valence-corrected chi connectivity index (χ1v) is 8.01. The van der Waals surface area contributed by atoms with E-state index in [1.807, 2.05) is 4.72 Å². The lowest BCUT2D eigenvalue weighted by Crippen LogP contribution is -2.16. The first-order valence-electron chi connectivity index (χ1n) is 6.15. The van der Waals surface area contributed by atoms with E-state index in [1.165, 1.54) is 24.3 Å². The largest absolute Gasteiger partial charge is 0.416 e. The van der Waals surface area contributed by atoms with E-state index in [0.29, 0.717) is 17.2 Å². The van der Waals surface area contributed by atoms with Gasteiger partial charge in [0.2, 0.25) is 0 Å². The fourth-order valence-corrected chi connectivity index (χ4v) is 3.13. The predicted molar refractivity (Wildman–Crippen MR) is 80.4 cm³/mol. The summed E-state index contributed by atoms with van der Waals surface area (Å²) in [5.74, 6) is 0. The summed E-state index contributed by atoms with van der Waals surface area (Å²) in [4.78, 5) is 8.91. The van der Waals surface area contributed by atoms with Gasteiger partial charge >= 0.3 is 6.18 Å². The SMILES string of the molecule is O=[N+]([O-])c1cc(C(F)(F)F)ccc1S(=O)(=O)Nc1ccc(Cl)cc1. The van der Waals surface area contributed by atoms with Gasteiger partial charge in [-0.1, -0.05) is 11.6 Å². The van der Waals surface area contributed by atoms with Crippen LogP contribution in [0.1, 0.15) is 5.56 Å². The Hall–Kier alpha value is -2.33. The van der Waals surface area contributed by atoms with Crippen LogP contribution in [-0.2, 0) is 16.2 Å². The molecule has 0 fully saturated rings. The fraction of sp³-hybridized carbons (Fsp3) is 0.0769. The third-order valence-electron chi connectivity index (χ3n) is 2.87. The molecule has 0 heterocycles. The van der Waals surface area contributed by atoms with Crippen LogP contribution in [0.3, 0.4) is 0 Å². The molecule has 128 valence electrons. The Morgan fingerprint density at radius 1 is 1.08 bits per heavy atom. The van der Waals surface area contributed by atoms with Crippen molar-refractivity contribution in [2.75, 3.05) is 4.72 Å². The monoisotopic (exact) mass is 380 g/mol. The van der Waals surface area contributed by atoms with Crippen LogP contribution in [0, 0.1) is 10.1 Å². The zero-order valence-electron chi connectivity index (χ0n) is 11.5. The van der Waals surface area contributed by atoms with E-state index >= 15 is 0 Å². The number of nitro benzene ring substituents is 1. The fourth-order valence-electron chi connectivity index (χ4n) is 1.79. The molecule has 0 aliphatic heterocycles. The molecule has 0 bridgehead atoms. The molecule has 0 saturated heterocycles. The molecule has 0 aromatic heterocycles. The van der Waals surface area contributed by atoms with Gasteiger partial charge in [-0.05, 0) is 36.4 Å². The number of rotatable bonds is 4. The zero-order valence-corrected chi connectivity index (χ0v) is 13.1. The summed E-state index contributed by atoms with van der Waals surface area (Å²) in [6.45, 7) is 0. The highest BCUT2D eigenvalue weighted by Crippen LogP contribution is 2.35. The van der Waals surface area contributed by atoms with E-state index < -0.39 is 37.3 Å². The van der Waals surface area contributed by atoms with E-state index in [4.69, 9.17) is 11.6 Å². The molecule has 0 amide bonds. The van der Waals surface area contributed by atoms with Crippen molar-refractivity contribution < 1.29 is 26.5 Å². The standard InChI is InChI=1S/C13H8ClF3N2O4S/c14-9-2-4-10(5-3-9)18-24(22,23)12-6-1-8(13(15,16)17)7-11(12)19(20)21/h1-7,18H. The van der Waals surface area contributed by atoms with Crippen LogP contribution in [0.4, 0.5) is 24.5 Å². The molecule has 0 spiro atoms. The van der Waals surface area contributed by atoms with Crippen molar-refractivity contribution in [3.63, 3.8) is 0 Å². The highest BCUT2D eigenvalue weighted by Gasteiger charge is 2.35. The molecule has 0 saturated carbocycles. The summed E-state index contributed by atoms with van der Waals surface area (Å²) in [5, 5.41) is 11.3. The topological polar surface area (TPSA) is 89.3 Å². The minimum absolute atomic E-state index is 0.0496. The van der Waals surface area contributed by atoms with Gasteiger partial charge in [-0.3, -0.25) is 14.8 Å². The van der Waals surface area contributed by atoms with E-state index in [2.05, 4.69) is 0 Å². The van der Waals surface area contributed by atoms with Crippen LogP contribution in [0.25, 0.3) is 0 Å². The first-order chi connectivity index (χ1) is 11.0. The van der Waals surface area contributed by atoms with Gasteiger partial charge in [-0.25, -0.2) is 8.42 Å². The van der Waals surface area contributed by atoms with Crippen LogP contribution in [-0.4, -0.2) is 13.3 Å². The Bertz CT molecular complexity index is 883. The molecule has 24 heavy (non-hydrogen) atoms. The minimum Gasteiger partial charge on any atom is -0.279 e. The Morgan fingerprint density at radius 2 is 1.67 bits per heavy atom. The maximum absolute atomic E-state index is 12.6. The first kappa shape index (κ1) is 18.0. The molecule has 0 radical (unpaired) electrons. The number of benzene rings is 2. The van der Waals surface area contributed by atoms with Gasteiger partial charge in [-0.2, -0.15) is 13.2 Å². The summed E-state index contributed by atoms with van der Waals surface area (Å²) in [7, 11) is -4.47. The molecule has 0 aliphatic carbocycles. The van der Waals surface area contributed by atoms with Crippen molar-refractivity contribution in [1.29, 1.82) is 0 Å². The smallest absolute Gasteiger partial charge is 0.279 e. The predicted octanol–water partition coefficient (Wildman–Crippen LogP) is 4.07. The minimum atomic E-state index is -4.84. The summed E-state index contributed by atoms with van der Waals surface area (Å²) in [5.41, 5.74) is -2.44. The number of anilines is 1. The molecule has 2 aromatic rings. The van der Waals surface area contributed by atoms with Crippen molar-refractivity contribution >= 4 is 33.0 Å². The number of nitrogens with zero attached hydrogens (tertiary/aromatic N) is 1. The lowest BCUT2D eigenvalue weighted by molar-refractivity contribution is -0.388. The maximum atomic E-state index is 12.6. The second-order valence-electron chi connectivity index (χ2n) is 4.55. The van der Waals surface area contributed by atoms with Crippen molar-refractivity contribution in [3.05, 3.63) is 63.2 Å². The number of hydrogen-bond acceptors (Lipinski definition) is 4. The number of sulfonamides is 1. The normalized spacial score (nSPS) is 12.0. The van der Waals surface area contributed by atoms with Crippen LogP contribution < -0.4 is 4.72 Å². The highest BCUT2D eigenvalue weighted by molar-refractivity contribution is 7.92. The van der Waals surface area contributed by atoms with Crippen LogP contribution in [0.2, 0.25) is 5.02 Å². The molecule has 6 nitrogen and oxygen atoms in total. The molecule has 0 aliphatic rings. The van der Waals surface area contributed by atoms with Gasteiger partial charge < -0.3 is 0 Å². The van der Waals surface area contributed by atoms with Gasteiger partial charge in [0.15, 0.2) is 4.90 Å². The van der Waals surface area contributed by atoms with Crippen LogP contribution >= 0.6 is 11.6 Å². The second-order valence-corrected chi connectivity index (χ2v) is 6.64. The average molecular weight is 381 g/mol. The Morgan fingerprint density at radius 3 is 2.17 bits per heavy atom. The van der Waals surface area contributed by atoms with Gasteiger partial charge in [0, 0.05) is 16.8 Å². The van der Waals surface area contributed by atoms with E-state index in [-0.39, 0.29) is 11.8 Å². The molecule has 11 heteroatoms. The summed E-state index contributed by atoms with van der Waals surface area (Å²) >= 11 is 5.65. The molecule has 0 atom stereocenters. The van der Waals surface area contributed by atoms with E-state index in [0.717, 1.165) is 0 Å². The zero-order chi connectivity index (χ0) is 18.1. The molecule has 2 aromatic carbocycles. The summed E-state index contributed by atoms with van der Waals surface area (Å²) < 4.78 is 64.5. The lowest BCUT2D eigenvalue weighted by atomic mass is 10.2. The van der Waals surface area contributed by atoms with Gasteiger partial charge in [0.05, 0.1) is 10.5 Å². The molecule has 2 rings (SSSR count). The number of hydrogen-bond donors (Lipinski definition) is 1. The van der Waals surface area contributed by atoms with Crippen molar-refractivity contribution in [1.82, 2.24) is 0 Å². The third-order valence-corrected chi connectivity index (χ3v) is 4.55. The van der Waals surface area contributed by atoms with E-state index in [9.17, 15) is 31.7 Å². The van der Waals surface area contributed by atoms with Crippen LogP contribution in [0.5, 0.6) is 0 Å². The Kier molecular flexibility index (Phi) is 4.72. The van der Waals surface area contributed by atoms with Crippen LogP contribution in [0.15, 0.2) is 47.4 Å². The van der Waals surface area contributed by atoms with Crippen molar-refractivity contribution in [2.24, 2.45) is 0 Å². The molecule has 1 N–H and O–H groups in total.